The largest absolute Gasteiger partial charge is 0.370 e. The lowest BCUT2D eigenvalue weighted by molar-refractivity contribution is 0.337. The van der Waals surface area contributed by atoms with E-state index in [0.717, 1.165) is 54.1 Å². The molecule has 0 radical (unpaired) electrons. The van der Waals surface area contributed by atoms with E-state index in [2.05, 4.69) is 15.0 Å². The molecule has 1 aliphatic heterocycles. The zero-order valence-electron chi connectivity index (χ0n) is 18.1. The summed E-state index contributed by atoms with van der Waals surface area (Å²) in [6.07, 6.45) is 3.56. The van der Waals surface area contributed by atoms with E-state index in [0.29, 0.717) is 18.1 Å². The van der Waals surface area contributed by atoms with E-state index in [1.54, 1.807) is 6.07 Å². The highest BCUT2D eigenvalue weighted by molar-refractivity contribution is 5.78. The van der Waals surface area contributed by atoms with E-state index >= 15 is 0 Å². The topological polar surface area (TPSA) is 67.7 Å². The summed E-state index contributed by atoms with van der Waals surface area (Å²) in [6, 6.07) is 14.9. The normalized spacial score (nSPS) is 15.8. The van der Waals surface area contributed by atoms with Crippen LogP contribution in [0.3, 0.4) is 0 Å². The van der Waals surface area contributed by atoms with E-state index in [4.69, 9.17) is 10.3 Å². The van der Waals surface area contributed by atoms with Crippen LogP contribution in [0.2, 0.25) is 0 Å². The zero-order chi connectivity index (χ0) is 21.8. The SMILES string of the molecule is Cc1c(CN=C(N)N2CCCCC2)noc1C(C)c1ccc(-c2ccccc2)c(F)c1. The van der Waals surface area contributed by atoms with Crippen molar-refractivity contribution in [3.05, 3.63) is 76.9 Å². The Labute approximate surface area is 182 Å². The predicted molar refractivity (Wildman–Crippen MR) is 121 cm³/mol. The van der Waals surface area contributed by atoms with E-state index in [1.807, 2.05) is 56.3 Å². The van der Waals surface area contributed by atoms with Crippen LogP contribution in [0.25, 0.3) is 11.1 Å². The maximum absolute atomic E-state index is 14.8. The molecule has 162 valence electrons. The number of likely N-dealkylation sites (tertiary alicyclic amines) is 1. The average molecular weight is 421 g/mol. The van der Waals surface area contributed by atoms with Crippen molar-refractivity contribution in [1.29, 1.82) is 0 Å². The summed E-state index contributed by atoms with van der Waals surface area (Å²) in [5, 5.41) is 4.22. The van der Waals surface area contributed by atoms with Crippen molar-refractivity contribution in [3.63, 3.8) is 0 Å². The number of nitrogens with two attached hydrogens (primary N) is 1. The quantitative estimate of drug-likeness (QED) is 0.453. The van der Waals surface area contributed by atoms with Gasteiger partial charge >= 0.3 is 0 Å². The van der Waals surface area contributed by atoms with Gasteiger partial charge in [-0.2, -0.15) is 0 Å². The smallest absolute Gasteiger partial charge is 0.191 e. The Hall–Kier alpha value is -3.15. The number of piperidine rings is 1. The van der Waals surface area contributed by atoms with Gasteiger partial charge in [0.1, 0.15) is 17.3 Å². The summed E-state index contributed by atoms with van der Waals surface area (Å²) < 4.78 is 20.5. The number of benzene rings is 2. The first-order valence-corrected chi connectivity index (χ1v) is 10.9. The standard InChI is InChI=1S/C25H29FN4O/c1-17(20-11-12-21(22(26)15-20)19-9-5-3-6-10-19)24-18(2)23(29-31-24)16-28-25(27)30-13-7-4-8-14-30/h3,5-6,9-12,15,17H,4,7-8,13-14,16H2,1-2H3,(H2,27,28). The van der Waals surface area contributed by atoms with Gasteiger partial charge in [0.05, 0.1) is 6.54 Å². The predicted octanol–water partition coefficient (Wildman–Crippen LogP) is 5.24. The molecule has 31 heavy (non-hydrogen) atoms. The second-order valence-corrected chi connectivity index (χ2v) is 8.17. The molecule has 2 aromatic carbocycles. The first-order chi connectivity index (χ1) is 15.0. The first-order valence-electron chi connectivity index (χ1n) is 10.9. The molecule has 1 saturated heterocycles. The number of rotatable bonds is 5. The van der Waals surface area contributed by atoms with Crippen molar-refractivity contribution >= 4 is 5.96 Å². The molecule has 0 spiro atoms. The molecule has 3 aromatic rings. The van der Waals surface area contributed by atoms with E-state index < -0.39 is 0 Å². The van der Waals surface area contributed by atoms with Gasteiger partial charge in [-0.3, -0.25) is 0 Å². The number of nitrogens with zero attached hydrogens (tertiary/aromatic N) is 3. The molecule has 0 amide bonds. The van der Waals surface area contributed by atoms with Crippen LogP contribution in [0.15, 0.2) is 58.0 Å². The maximum Gasteiger partial charge on any atom is 0.191 e. The third kappa shape index (κ3) is 4.63. The molecule has 1 aromatic heterocycles. The van der Waals surface area contributed by atoms with Crippen molar-refractivity contribution in [1.82, 2.24) is 10.1 Å². The van der Waals surface area contributed by atoms with Crippen molar-refractivity contribution in [3.8, 4) is 11.1 Å². The highest BCUT2D eigenvalue weighted by Gasteiger charge is 2.21. The molecule has 1 atom stereocenters. The Kier molecular flexibility index (Phi) is 6.35. The summed E-state index contributed by atoms with van der Waals surface area (Å²) in [5.41, 5.74) is 10.2. The van der Waals surface area contributed by atoms with Crippen molar-refractivity contribution in [2.45, 2.75) is 45.6 Å². The Balaban J connectivity index is 1.50. The number of aromatic nitrogens is 1. The third-order valence-electron chi connectivity index (χ3n) is 6.10. The van der Waals surface area contributed by atoms with E-state index in [-0.39, 0.29) is 11.7 Å². The third-order valence-corrected chi connectivity index (χ3v) is 6.10. The van der Waals surface area contributed by atoms with Crippen molar-refractivity contribution in [2.24, 2.45) is 10.7 Å². The van der Waals surface area contributed by atoms with Crippen LogP contribution in [0.5, 0.6) is 0 Å². The maximum atomic E-state index is 14.8. The Morgan fingerprint density at radius 1 is 1.16 bits per heavy atom. The lowest BCUT2D eigenvalue weighted by Crippen LogP contribution is -2.40. The highest BCUT2D eigenvalue weighted by Crippen LogP contribution is 2.32. The molecule has 2 N–H and O–H groups in total. The van der Waals surface area contributed by atoms with E-state index in [1.165, 1.54) is 6.42 Å². The van der Waals surface area contributed by atoms with Gasteiger partial charge in [0.15, 0.2) is 5.96 Å². The second-order valence-electron chi connectivity index (χ2n) is 8.17. The van der Waals surface area contributed by atoms with Gasteiger partial charge in [-0.15, -0.1) is 0 Å². The summed E-state index contributed by atoms with van der Waals surface area (Å²) in [6.45, 7) is 6.27. The minimum atomic E-state index is -0.244. The average Bonchev–Trinajstić information content (AvgIpc) is 3.18. The van der Waals surface area contributed by atoms with Crippen LogP contribution < -0.4 is 5.73 Å². The number of halogens is 1. The fourth-order valence-electron chi connectivity index (χ4n) is 4.12. The minimum Gasteiger partial charge on any atom is -0.370 e. The summed E-state index contributed by atoms with van der Waals surface area (Å²) in [7, 11) is 0. The van der Waals surface area contributed by atoms with Crippen molar-refractivity contribution < 1.29 is 8.91 Å². The fourth-order valence-corrected chi connectivity index (χ4v) is 4.12. The van der Waals surface area contributed by atoms with Gasteiger partial charge < -0.3 is 15.2 Å². The van der Waals surface area contributed by atoms with Crippen LogP contribution in [-0.2, 0) is 6.54 Å². The molecule has 6 heteroatoms. The van der Waals surface area contributed by atoms with Gasteiger partial charge in [0.2, 0.25) is 0 Å². The number of guanidine groups is 1. The molecule has 0 saturated carbocycles. The second kappa shape index (κ2) is 9.33. The molecule has 2 heterocycles. The molecular weight excluding hydrogens is 391 g/mol. The molecule has 0 aliphatic carbocycles. The summed E-state index contributed by atoms with van der Waals surface area (Å²) in [5.74, 6) is 0.930. The monoisotopic (exact) mass is 420 g/mol. The Morgan fingerprint density at radius 2 is 1.90 bits per heavy atom. The Morgan fingerprint density at radius 3 is 2.61 bits per heavy atom. The van der Waals surface area contributed by atoms with Crippen molar-refractivity contribution in [2.75, 3.05) is 13.1 Å². The molecule has 4 rings (SSSR count). The van der Waals surface area contributed by atoms with Crippen LogP contribution in [0.4, 0.5) is 4.39 Å². The lowest BCUT2D eigenvalue weighted by Gasteiger charge is -2.27. The van der Waals surface area contributed by atoms with Gasteiger partial charge in [0.25, 0.3) is 0 Å². The van der Waals surface area contributed by atoms with Crippen LogP contribution >= 0.6 is 0 Å². The fraction of sp³-hybridized carbons (Fsp3) is 0.360. The minimum absolute atomic E-state index is 0.121. The van der Waals surface area contributed by atoms with Gasteiger partial charge in [-0.05, 0) is 43.4 Å². The zero-order valence-corrected chi connectivity index (χ0v) is 18.1. The lowest BCUT2D eigenvalue weighted by atomic mass is 9.93. The van der Waals surface area contributed by atoms with E-state index in [9.17, 15) is 4.39 Å². The van der Waals surface area contributed by atoms with Gasteiger partial charge in [-0.25, -0.2) is 9.38 Å². The van der Waals surface area contributed by atoms with Crippen LogP contribution in [0, 0.1) is 12.7 Å². The molecule has 5 nitrogen and oxygen atoms in total. The molecule has 1 aliphatic rings. The Bertz CT molecular complexity index is 1050. The molecule has 0 bridgehead atoms. The number of hydrogen-bond acceptors (Lipinski definition) is 3. The van der Waals surface area contributed by atoms with Crippen LogP contribution in [0.1, 0.15) is 54.7 Å². The van der Waals surface area contributed by atoms with Crippen LogP contribution in [-0.4, -0.2) is 29.1 Å². The van der Waals surface area contributed by atoms with Gasteiger partial charge in [-0.1, -0.05) is 54.5 Å². The number of aliphatic imine (C=N–C) groups is 1. The summed E-state index contributed by atoms with van der Waals surface area (Å²) in [4.78, 5) is 6.65. The summed E-state index contributed by atoms with van der Waals surface area (Å²) >= 11 is 0. The molecular formula is C25H29FN4O. The highest BCUT2D eigenvalue weighted by atomic mass is 19.1. The molecule has 1 fully saturated rings. The number of hydrogen-bond donors (Lipinski definition) is 1. The molecule has 1 unspecified atom stereocenters. The first kappa shape index (κ1) is 21.1. The van der Waals surface area contributed by atoms with Gasteiger partial charge in [0, 0.05) is 30.1 Å².